The molecule has 2 rings (SSSR count). The van der Waals surface area contributed by atoms with Crippen LogP contribution in [-0.2, 0) is 10.0 Å². The minimum absolute atomic E-state index is 0.00496. The Bertz CT molecular complexity index is 794. The van der Waals surface area contributed by atoms with Crippen molar-refractivity contribution in [3.8, 4) is 0 Å². The van der Waals surface area contributed by atoms with Crippen molar-refractivity contribution >= 4 is 60.5 Å². The molecule has 0 saturated carbocycles. The van der Waals surface area contributed by atoms with E-state index in [9.17, 15) is 8.42 Å². The second-order valence-corrected chi connectivity index (χ2v) is 7.34. The second kappa shape index (κ2) is 5.96. The zero-order valence-electron chi connectivity index (χ0n) is 10.6. The van der Waals surface area contributed by atoms with E-state index in [2.05, 4.69) is 30.6 Å². The van der Waals surface area contributed by atoms with Crippen molar-refractivity contribution in [3.05, 3.63) is 38.8 Å². The summed E-state index contributed by atoms with van der Waals surface area (Å²) >= 11 is 14.9. The van der Waals surface area contributed by atoms with Crippen LogP contribution in [0.1, 0.15) is 5.56 Å². The summed E-state index contributed by atoms with van der Waals surface area (Å²) in [6.07, 6.45) is 1.13. The van der Waals surface area contributed by atoms with Gasteiger partial charge < -0.3 is 5.73 Å². The van der Waals surface area contributed by atoms with Crippen LogP contribution in [0.4, 0.5) is 11.4 Å². The molecular weight excluding hydrogens is 403 g/mol. The highest BCUT2D eigenvalue weighted by atomic mass is 79.9. The first kappa shape index (κ1) is 16.3. The fourth-order valence-electron chi connectivity index (χ4n) is 1.57. The molecule has 3 N–H and O–H groups in total. The number of sulfonamides is 1. The third-order valence-electron chi connectivity index (χ3n) is 2.65. The van der Waals surface area contributed by atoms with Crippen molar-refractivity contribution in [2.24, 2.45) is 0 Å². The van der Waals surface area contributed by atoms with Crippen molar-refractivity contribution in [1.29, 1.82) is 0 Å². The topological polar surface area (TPSA) is 98.0 Å². The van der Waals surface area contributed by atoms with Crippen molar-refractivity contribution in [3.63, 3.8) is 0 Å². The van der Waals surface area contributed by atoms with Gasteiger partial charge in [0.25, 0.3) is 10.0 Å². The Kier molecular flexibility index (Phi) is 4.62. The number of hydrogen-bond acceptors (Lipinski definition) is 5. The van der Waals surface area contributed by atoms with Gasteiger partial charge in [0.1, 0.15) is 12.0 Å². The Hall–Kier alpha value is -1.09. The zero-order chi connectivity index (χ0) is 15.8. The highest BCUT2D eigenvalue weighted by Crippen LogP contribution is 2.31. The van der Waals surface area contributed by atoms with Crippen LogP contribution in [0.2, 0.25) is 10.3 Å². The Morgan fingerprint density at radius 2 is 1.81 bits per heavy atom. The predicted octanol–water partition coefficient (Wildman–Crippen LogP) is 3.24. The van der Waals surface area contributed by atoms with Crippen LogP contribution in [0.25, 0.3) is 0 Å². The Balaban J connectivity index is 2.54. The lowest BCUT2D eigenvalue weighted by Crippen LogP contribution is -2.16. The molecular formula is C11H9BrCl2N4O2S. The van der Waals surface area contributed by atoms with Gasteiger partial charge in [-0.1, -0.05) is 39.1 Å². The molecule has 0 fully saturated rings. The van der Waals surface area contributed by atoms with Gasteiger partial charge >= 0.3 is 0 Å². The zero-order valence-corrected chi connectivity index (χ0v) is 14.5. The van der Waals surface area contributed by atoms with Gasteiger partial charge in [-0.3, -0.25) is 4.72 Å². The summed E-state index contributed by atoms with van der Waals surface area (Å²) in [5.41, 5.74) is 6.44. The van der Waals surface area contributed by atoms with E-state index >= 15 is 0 Å². The number of benzene rings is 1. The second-order valence-electron chi connectivity index (χ2n) is 4.05. The molecule has 0 aliphatic rings. The molecule has 0 amide bonds. The minimum Gasteiger partial charge on any atom is -0.398 e. The van der Waals surface area contributed by atoms with Crippen LogP contribution in [0.5, 0.6) is 0 Å². The molecule has 0 saturated heterocycles. The molecule has 21 heavy (non-hydrogen) atoms. The molecule has 112 valence electrons. The lowest BCUT2D eigenvalue weighted by atomic mass is 10.2. The van der Waals surface area contributed by atoms with Gasteiger partial charge in [0.15, 0.2) is 10.3 Å². The number of nitrogens with one attached hydrogen (secondary N) is 1. The summed E-state index contributed by atoms with van der Waals surface area (Å²) in [6, 6.07) is 3.04. The van der Waals surface area contributed by atoms with E-state index in [4.69, 9.17) is 28.9 Å². The lowest BCUT2D eigenvalue weighted by Gasteiger charge is -2.13. The Labute approximate surface area is 139 Å². The van der Waals surface area contributed by atoms with Crippen molar-refractivity contribution < 1.29 is 8.42 Å². The van der Waals surface area contributed by atoms with E-state index in [-0.39, 0.29) is 20.9 Å². The van der Waals surface area contributed by atoms with Gasteiger partial charge in [-0.05, 0) is 24.6 Å². The van der Waals surface area contributed by atoms with Crippen LogP contribution in [0, 0.1) is 6.92 Å². The number of rotatable bonds is 3. The van der Waals surface area contributed by atoms with Crippen molar-refractivity contribution in [1.82, 2.24) is 9.97 Å². The van der Waals surface area contributed by atoms with Gasteiger partial charge in [0, 0.05) is 10.2 Å². The van der Waals surface area contributed by atoms with Crippen LogP contribution in [0.3, 0.4) is 0 Å². The minimum atomic E-state index is -3.94. The average molecular weight is 412 g/mol. The van der Waals surface area contributed by atoms with Crippen LogP contribution in [0.15, 0.2) is 27.8 Å². The molecule has 1 aromatic carbocycles. The maximum atomic E-state index is 12.5. The summed E-state index contributed by atoms with van der Waals surface area (Å²) < 4.78 is 27.7. The normalized spacial score (nSPS) is 11.4. The first-order valence-corrected chi connectivity index (χ1v) is 8.50. The predicted molar refractivity (Wildman–Crippen MR) is 86.2 cm³/mol. The van der Waals surface area contributed by atoms with E-state index in [1.807, 2.05) is 0 Å². The number of nitrogen functional groups attached to an aromatic ring is 1. The maximum absolute atomic E-state index is 12.5. The van der Waals surface area contributed by atoms with E-state index in [0.29, 0.717) is 15.7 Å². The summed E-state index contributed by atoms with van der Waals surface area (Å²) in [4.78, 5) is 7.37. The smallest absolute Gasteiger partial charge is 0.262 e. The molecule has 0 spiro atoms. The quantitative estimate of drug-likeness (QED) is 0.596. The van der Waals surface area contributed by atoms with E-state index < -0.39 is 10.0 Å². The largest absolute Gasteiger partial charge is 0.398 e. The fraction of sp³-hybridized carbons (Fsp3) is 0.0909. The third-order valence-corrected chi connectivity index (χ3v) is 5.15. The van der Waals surface area contributed by atoms with Crippen LogP contribution < -0.4 is 10.5 Å². The summed E-state index contributed by atoms with van der Waals surface area (Å²) in [7, 11) is -3.94. The molecule has 0 unspecified atom stereocenters. The fourth-order valence-corrected chi connectivity index (χ4v) is 4.09. The summed E-state index contributed by atoms with van der Waals surface area (Å²) in [6.45, 7) is 1.60. The number of anilines is 2. The SMILES string of the molecule is Cc1c(N)cc(Br)cc1S(=O)(=O)Nc1c(Cl)ncnc1Cl. The number of nitrogens with two attached hydrogens (primary N) is 1. The summed E-state index contributed by atoms with van der Waals surface area (Å²) in [5, 5.41) is -0.196. The molecule has 10 heteroatoms. The Morgan fingerprint density at radius 1 is 1.24 bits per heavy atom. The third kappa shape index (κ3) is 3.39. The van der Waals surface area contributed by atoms with Gasteiger partial charge in [-0.25, -0.2) is 18.4 Å². The van der Waals surface area contributed by atoms with E-state index in [1.165, 1.54) is 6.07 Å². The standard InChI is InChI=1S/C11H9BrCl2N4O2S/c1-5-7(15)2-6(12)3-8(5)21(19,20)18-9-10(13)16-4-17-11(9)14/h2-4,18H,15H2,1H3. The van der Waals surface area contributed by atoms with Gasteiger partial charge in [-0.2, -0.15) is 0 Å². The molecule has 2 aromatic rings. The maximum Gasteiger partial charge on any atom is 0.262 e. The van der Waals surface area contributed by atoms with Crippen molar-refractivity contribution in [2.75, 3.05) is 10.5 Å². The molecule has 0 aliphatic heterocycles. The molecule has 0 atom stereocenters. The summed E-state index contributed by atoms with van der Waals surface area (Å²) in [5.74, 6) is 0. The van der Waals surface area contributed by atoms with E-state index in [0.717, 1.165) is 6.33 Å². The average Bonchev–Trinajstić information content (AvgIpc) is 2.38. The van der Waals surface area contributed by atoms with Crippen LogP contribution >= 0.6 is 39.1 Å². The first-order chi connectivity index (χ1) is 9.72. The number of nitrogens with zero attached hydrogens (tertiary/aromatic N) is 2. The number of halogens is 3. The van der Waals surface area contributed by atoms with Crippen LogP contribution in [-0.4, -0.2) is 18.4 Å². The molecule has 1 heterocycles. The Morgan fingerprint density at radius 3 is 2.38 bits per heavy atom. The lowest BCUT2D eigenvalue weighted by molar-refractivity contribution is 0.600. The van der Waals surface area contributed by atoms with Gasteiger partial charge in [0.2, 0.25) is 0 Å². The molecule has 0 radical (unpaired) electrons. The van der Waals surface area contributed by atoms with Crippen molar-refractivity contribution in [2.45, 2.75) is 11.8 Å². The first-order valence-electron chi connectivity index (χ1n) is 5.47. The number of aromatic nitrogens is 2. The molecule has 1 aromatic heterocycles. The highest BCUT2D eigenvalue weighted by molar-refractivity contribution is 9.10. The van der Waals surface area contributed by atoms with Gasteiger partial charge in [-0.15, -0.1) is 0 Å². The van der Waals surface area contributed by atoms with Gasteiger partial charge in [0.05, 0.1) is 4.90 Å². The van der Waals surface area contributed by atoms with E-state index in [1.54, 1.807) is 13.0 Å². The molecule has 0 aliphatic carbocycles. The monoisotopic (exact) mass is 410 g/mol. The number of hydrogen-bond donors (Lipinski definition) is 2. The highest BCUT2D eigenvalue weighted by Gasteiger charge is 2.22. The molecule has 0 bridgehead atoms. The molecule has 6 nitrogen and oxygen atoms in total.